The molecule has 0 spiro atoms. The number of sulfonamides is 1. The largest absolute Gasteiger partial charge is 0.476 e. The molecule has 0 aliphatic carbocycles. The van der Waals surface area contributed by atoms with Gasteiger partial charge in [-0.3, -0.25) is 9.59 Å². The Bertz CT molecular complexity index is 1270. The highest BCUT2D eigenvalue weighted by atomic mass is 32.2. The zero-order valence-electron chi connectivity index (χ0n) is 18.9. The number of amides is 2. The van der Waals surface area contributed by atoms with Crippen LogP contribution in [0.4, 0.5) is 5.69 Å². The van der Waals surface area contributed by atoms with E-state index in [1.807, 2.05) is 11.0 Å². The number of likely N-dealkylation sites (N-methyl/N-ethyl adjacent to an activating group) is 1. The Balaban J connectivity index is 1.38. The van der Waals surface area contributed by atoms with Crippen molar-refractivity contribution in [3.63, 3.8) is 0 Å². The number of nitrogens with zero attached hydrogens (tertiary/aromatic N) is 4. The first-order valence-corrected chi connectivity index (χ1v) is 12.8. The average Bonchev–Trinajstić information content (AvgIpc) is 3.14. The molecule has 9 nitrogen and oxygen atoms in total. The number of fused-ring (bicyclic) bond motifs is 2. The van der Waals surface area contributed by atoms with Crippen molar-refractivity contribution >= 4 is 33.4 Å². The molecule has 0 aromatic heterocycles. The first-order valence-electron chi connectivity index (χ1n) is 11.4. The van der Waals surface area contributed by atoms with Crippen LogP contribution in [-0.2, 0) is 19.6 Å². The standard InChI is InChI=1S/C24H26N4O5S/c1-26(23-17-9-3-6-12-21(17)34(31,32)25-23)16-22(29)28-15-20(24(30)27-13-7-2-8-14-27)33-19-11-5-4-10-18(19)28/h3-6,9-12,20H,2,7-8,13-16H2,1H3/t20-/m1/s1. The second kappa shape index (κ2) is 8.75. The smallest absolute Gasteiger partial charge is 0.285 e. The molecule has 1 fully saturated rings. The van der Waals surface area contributed by atoms with E-state index < -0.39 is 16.1 Å². The van der Waals surface area contributed by atoms with Crippen molar-refractivity contribution in [1.29, 1.82) is 0 Å². The molecule has 1 atom stereocenters. The summed E-state index contributed by atoms with van der Waals surface area (Å²) in [7, 11) is -2.15. The average molecular weight is 483 g/mol. The van der Waals surface area contributed by atoms with Gasteiger partial charge in [-0.15, -0.1) is 4.40 Å². The molecule has 34 heavy (non-hydrogen) atoms. The molecule has 2 amide bonds. The zero-order valence-corrected chi connectivity index (χ0v) is 19.7. The maximum Gasteiger partial charge on any atom is 0.285 e. The van der Waals surface area contributed by atoms with Crippen LogP contribution >= 0.6 is 0 Å². The topological polar surface area (TPSA) is 99.6 Å². The number of benzene rings is 2. The van der Waals surface area contributed by atoms with Crippen molar-refractivity contribution in [1.82, 2.24) is 9.80 Å². The van der Waals surface area contributed by atoms with Gasteiger partial charge in [-0.2, -0.15) is 8.42 Å². The predicted molar refractivity (Wildman–Crippen MR) is 126 cm³/mol. The highest BCUT2D eigenvalue weighted by Crippen LogP contribution is 2.34. The third kappa shape index (κ3) is 4.02. The lowest BCUT2D eigenvalue weighted by Gasteiger charge is -2.37. The van der Waals surface area contributed by atoms with Crippen LogP contribution in [0.2, 0.25) is 0 Å². The van der Waals surface area contributed by atoms with Crippen LogP contribution < -0.4 is 9.64 Å². The molecule has 3 aliphatic rings. The molecule has 0 unspecified atom stereocenters. The van der Waals surface area contributed by atoms with Crippen LogP contribution in [0.15, 0.2) is 57.8 Å². The second-order valence-corrected chi connectivity index (χ2v) is 10.3. The van der Waals surface area contributed by atoms with E-state index in [0.29, 0.717) is 30.1 Å². The Hall–Kier alpha value is -3.40. The van der Waals surface area contributed by atoms with Gasteiger partial charge in [0.15, 0.2) is 11.9 Å². The van der Waals surface area contributed by atoms with Crippen LogP contribution in [0, 0.1) is 0 Å². The number of anilines is 1. The highest BCUT2D eigenvalue weighted by Gasteiger charge is 2.37. The van der Waals surface area contributed by atoms with Crippen LogP contribution in [0.5, 0.6) is 5.75 Å². The monoisotopic (exact) mass is 482 g/mol. The summed E-state index contributed by atoms with van der Waals surface area (Å²) in [6.07, 6.45) is 2.26. The van der Waals surface area contributed by atoms with Gasteiger partial charge in [0.1, 0.15) is 10.6 Å². The minimum absolute atomic E-state index is 0.0976. The number of rotatable bonds is 3. The fraction of sp³-hybridized carbons (Fsp3) is 0.375. The molecular formula is C24H26N4O5S. The SMILES string of the molecule is CN(CC(=O)N1C[C@H](C(=O)N2CCCCC2)Oc2ccccc21)C1=NS(=O)(=O)c2ccccc21. The first-order chi connectivity index (χ1) is 16.3. The quantitative estimate of drug-likeness (QED) is 0.662. The van der Waals surface area contributed by atoms with Crippen molar-refractivity contribution in [3.05, 3.63) is 54.1 Å². The van der Waals surface area contributed by atoms with Gasteiger partial charge in [0.25, 0.3) is 15.9 Å². The summed E-state index contributed by atoms with van der Waals surface area (Å²) >= 11 is 0. The number of ether oxygens (including phenoxy) is 1. The van der Waals surface area contributed by atoms with Gasteiger partial charge in [0, 0.05) is 25.7 Å². The summed E-state index contributed by atoms with van der Waals surface area (Å²) in [5, 5.41) is 0. The molecule has 178 valence electrons. The molecule has 0 bridgehead atoms. The summed E-state index contributed by atoms with van der Waals surface area (Å²) in [5.74, 6) is 0.317. The molecule has 1 saturated heterocycles. The summed E-state index contributed by atoms with van der Waals surface area (Å²) in [5.41, 5.74) is 1.06. The van der Waals surface area contributed by atoms with Crippen LogP contribution in [-0.4, -0.2) is 75.2 Å². The maximum absolute atomic E-state index is 13.4. The number of carbonyl (C=O) groups is 2. The summed E-state index contributed by atoms with van der Waals surface area (Å²) in [4.78, 5) is 31.6. The normalized spacial score (nSPS) is 20.6. The van der Waals surface area contributed by atoms with Gasteiger partial charge in [0.05, 0.1) is 18.8 Å². The van der Waals surface area contributed by atoms with E-state index in [0.717, 1.165) is 19.3 Å². The number of piperidine rings is 1. The van der Waals surface area contributed by atoms with E-state index in [-0.39, 0.29) is 35.6 Å². The Kier molecular flexibility index (Phi) is 5.76. The van der Waals surface area contributed by atoms with E-state index in [4.69, 9.17) is 4.74 Å². The first kappa shape index (κ1) is 22.4. The fourth-order valence-electron chi connectivity index (χ4n) is 4.64. The Morgan fingerprint density at radius 3 is 2.56 bits per heavy atom. The fourth-order valence-corrected chi connectivity index (χ4v) is 5.90. The molecule has 0 radical (unpaired) electrons. The number of hydrogen-bond acceptors (Lipinski definition) is 6. The number of likely N-dealkylation sites (tertiary alicyclic amines) is 1. The van der Waals surface area contributed by atoms with Gasteiger partial charge in [0.2, 0.25) is 5.91 Å². The third-order valence-electron chi connectivity index (χ3n) is 6.36. The molecule has 0 N–H and O–H groups in total. The second-order valence-electron chi connectivity index (χ2n) is 8.71. The summed E-state index contributed by atoms with van der Waals surface area (Å²) < 4.78 is 34.7. The van der Waals surface area contributed by atoms with Gasteiger partial charge in [-0.25, -0.2) is 0 Å². The van der Waals surface area contributed by atoms with Crippen molar-refractivity contribution in [3.8, 4) is 5.75 Å². The number of para-hydroxylation sites is 2. The number of amidine groups is 1. The molecule has 5 rings (SSSR count). The van der Waals surface area contributed by atoms with Gasteiger partial charge < -0.3 is 19.4 Å². The van der Waals surface area contributed by atoms with Crippen LogP contribution in [0.1, 0.15) is 24.8 Å². The van der Waals surface area contributed by atoms with E-state index in [1.165, 1.54) is 11.0 Å². The molecule has 0 saturated carbocycles. The minimum atomic E-state index is -3.79. The number of hydrogen-bond donors (Lipinski definition) is 0. The molecule has 2 aromatic carbocycles. The van der Waals surface area contributed by atoms with E-state index in [9.17, 15) is 18.0 Å². The van der Waals surface area contributed by atoms with Crippen molar-refractivity contribution in [2.45, 2.75) is 30.3 Å². The maximum atomic E-state index is 13.4. The van der Waals surface area contributed by atoms with Crippen molar-refractivity contribution in [2.24, 2.45) is 4.40 Å². The van der Waals surface area contributed by atoms with Gasteiger partial charge in [-0.05, 0) is 43.5 Å². The Morgan fingerprint density at radius 1 is 1.06 bits per heavy atom. The molecule has 3 aliphatic heterocycles. The Morgan fingerprint density at radius 2 is 1.76 bits per heavy atom. The van der Waals surface area contributed by atoms with Crippen molar-refractivity contribution < 1.29 is 22.7 Å². The lowest BCUT2D eigenvalue weighted by molar-refractivity contribution is -0.139. The van der Waals surface area contributed by atoms with Gasteiger partial charge in [-0.1, -0.05) is 24.3 Å². The Labute approximate surface area is 198 Å². The van der Waals surface area contributed by atoms with Crippen molar-refractivity contribution in [2.75, 3.05) is 38.1 Å². The van der Waals surface area contributed by atoms with E-state index >= 15 is 0 Å². The van der Waals surface area contributed by atoms with Crippen LogP contribution in [0.3, 0.4) is 0 Å². The molecule has 2 aromatic rings. The van der Waals surface area contributed by atoms with E-state index in [2.05, 4.69) is 4.40 Å². The number of carbonyl (C=O) groups excluding carboxylic acids is 2. The third-order valence-corrected chi connectivity index (χ3v) is 7.69. The molecular weight excluding hydrogens is 456 g/mol. The molecule has 3 heterocycles. The lowest BCUT2D eigenvalue weighted by Crippen LogP contribution is -2.54. The summed E-state index contributed by atoms with van der Waals surface area (Å²) in [6, 6.07) is 13.7. The van der Waals surface area contributed by atoms with Gasteiger partial charge >= 0.3 is 0 Å². The minimum Gasteiger partial charge on any atom is -0.476 e. The predicted octanol–water partition coefficient (Wildman–Crippen LogP) is 1.87. The summed E-state index contributed by atoms with van der Waals surface area (Å²) in [6.45, 7) is 1.39. The molecule has 10 heteroatoms. The van der Waals surface area contributed by atoms with E-state index in [1.54, 1.807) is 48.3 Å². The zero-order chi connectivity index (χ0) is 23.9. The highest BCUT2D eigenvalue weighted by molar-refractivity contribution is 7.90. The lowest BCUT2D eigenvalue weighted by atomic mass is 10.1. The van der Waals surface area contributed by atoms with Crippen LogP contribution in [0.25, 0.3) is 0 Å².